The fraction of sp³-hybridized carbons (Fsp3) is 0.455. The largest absolute Gasteiger partial charge is 0.346 e. The smallest absolute Gasteiger partial charge is 0.138 e. The summed E-state index contributed by atoms with van der Waals surface area (Å²) < 4.78 is 0. The van der Waals surface area contributed by atoms with Crippen molar-refractivity contribution in [3.63, 3.8) is 0 Å². The Morgan fingerprint density at radius 1 is 1.50 bits per heavy atom. The van der Waals surface area contributed by atoms with Crippen molar-refractivity contribution in [2.24, 2.45) is 4.99 Å². The number of aromatic nitrogens is 2. The van der Waals surface area contributed by atoms with E-state index < -0.39 is 0 Å². The number of imidazole rings is 1. The lowest BCUT2D eigenvalue weighted by Gasteiger charge is -2.21. The summed E-state index contributed by atoms with van der Waals surface area (Å²) in [5, 5.41) is 0. The molecule has 0 aromatic carbocycles. The van der Waals surface area contributed by atoms with Crippen LogP contribution < -0.4 is 0 Å². The predicted octanol–water partition coefficient (Wildman–Crippen LogP) is 2.44. The van der Waals surface area contributed by atoms with Crippen LogP contribution in [0.25, 0.3) is 0 Å². The lowest BCUT2D eigenvalue weighted by Crippen LogP contribution is -2.20. The first-order valence-corrected chi connectivity index (χ1v) is 5.10. The monoisotopic (exact) mass is 189 g/mol. The van der Waals surface area contributed by atoms with Gasteiger partial charge in [0.25, 0.3) is 0 Å². The number of nitrogens with one attached hydrogen (secondary N) is 1. The number of rotatable bonds is 4. The summed E-state index contributed by atoms with van der Waals surface area (Å²) in [6, 6.07) is 0. The topological polar surface area (TPSA) is 41.0 Å². The first kappa shape index (κ1) is 9.19. The molecule has 1 aromatic rings. The summed E-state index contributed by atoms with van der Waals surface area (Å²) in [6.07, 6.45) is 13.0. The van der Waals surface area contributed by atoms with Crippen LogP contribution in [0.4, 0.5) is 0 Å². The highest BCUT2D eigenvalue weighted by Crippen LogP contribution is 2.32. The van der Waals surface area contributed by atoms with Crippen LogP contribution in [0.2, 0.25) is 0 Å². The average Bonchev–Trinajstić information content (AvgIpc) is 2.86. The zero-order valence-corrected chi connectivity index (χ0v) is 8.40. The molecule has 0 amide bonds. The van der Waals surface area contributed by atoms with Gasteiger partial charge in [-0.1, -0.05) is 19.8 Å². The SMILES string of the molecule is CCCCC1(c2ncc[nH]2)C=CC=N1. The molecule has 1 aliphatic rings. The Morgan fingerprint density at radius 2 is 2.43 bits per heavy atom. The Balaban J connectivity index is 2.23. The van der Waals surface area contributed by atoms with Crippen molar-refractivity contribution in [2.45, 2.75) is 31.7 Å². The van der Waals surface area contributed by atoms with Crippen LogP contribution in [-0.2, 0) is 5.54 Å². The van der Waals surface area contributed by atoms with Crippen LogP contribution in [-0.4, -0.2) is 16.2 Å². The third-order valence-corrected chi connectivity index (χ3v) is 2.58. The predicted molar refractivity (Wildman–Crippen MR) is 57.4 cm³/mol. The molecule has 1 unspecified atom stereocenters. The third-order valence-electron chi connectivity index (χ3n) is 2.58. The molecule has 3 nitrogen and oxygen atoms in total. The number of H-pyrrole nitrogens is 1. The van der Waals surface area contributed by atoms with Crippen LogP contribution in [0.15, 0.2) is 29.5 Å². The van der Waals surface area contributed by atoms with E-state index in [0.717, 1.165) is 12.2 Å². The second-order valence-corrected chi connectivity index (χ2v) is 3.60. The molecule has 74 valence electrons. The molecular weight excluding hydrogens is 174 g/mol. The van der Waals surface area contributed by atoms with Crippen molar-refractivity contribution in [1.29, 1.82) is 0 Å². The molecule has 0 saturated heterocycles. The number of hydrogen-bond donors (Lipinski definition) is 1. The third kappa shape index (κ3) is 1.50. The van der Waals surface area contributed by atoms with Gasteiger partial charge in [-0.05, 0) is 18.6 Å². The van der Waals surface area contributed by atoms with E-state index >= 15 is 0 Å². The van der Waals surface area contributed by atoms with E-state index in [1.807, 2.05) is 18.5 Å². The van der Waals surface area contributed by atoms with E-state index in [4.69, 9.17) is 0 Å². The standard InChI is InChI=1S/C11H15N3/c1-2-3-5-11(6-4-7-14-11)10-12-8-9-13-10/h4,6-9H,2-3,5H2,1H3,(H,12,13). The molecule has 0 bridgehead atoms. The van der Waals surface area contributed by atoms with E-state index in [-0.39, 0.29) is 5.54 Å². The molecule has 1 atom stereocenters. The molecule has 0 saturated carbocycles. The molecule has 2 rings (SSSR count). The van der Waals surface area contributed by atoms with Gasteiger partial charge in [-0.15, -0.1) is 0 Å². The van der Waals surface area contributed by atoms with Crippen molar-refractivity contribution >= 4 is 6.21 Å². The molecule has 14 heavy (non-hydrogen) atoms. The van der Waals surface area contributed by atoms with Gasteiger partial charge in [-0.2, -0.15) is 0 Å². The fourth-order valence-electron chi connectivity index (χ4n) is 1.78. The summed E-state index contributed by atoms with van der Waals surface area (Å²) in [5.74, 6) is 0.955. The van der Waals surface area contributed by atoms with E-state index in [1.54, 1.807) is 6.20 Å². The van der Waals surface area contributed by atoms with Crippen molar-refractivity contribution in [2.75, 3.05) is 0 Å². The lowest BCUT2D eigenvalue weighted by molar-refractivity contribution is 0.473. The number of aliphatic imine (C=N–C) groups is 1. The Morgan fingerprint density at radius 3 is 3.00 bits per heavy atom. The van der Waals surface area contributed by atoms with E-state index in [0.29, 0.717) is 0 Å². The number of aromatic amines is 1. The molecule has 1 aromatic heterocycles. The normalized spacial score (nSPS) is 24.6. The zero-order valence-electron chi connectivity index (χ0n) is 8.40. The number of hydrogen-bond acceptors (Lipinski definition) is 2. The van der Waals surface area contributed by atoms with Crippen molar-refractivity contribution in [3.8, 4) is 0 Å². The highest BCUT2D eigenvalue weighted by Gasteiger charge is 2.31. The number of unbranched alkanes of at least 4 members (excludes halogenated alkanes) is 1. The highest BCUT2D eigenvalue weighted by atomic mass is 15.0. The van der Waals surface area contributed by atoms with Gasteiger partial charge in [-0.3, -0.25) is 4.99 Å². The summed E-state index contributed by atoms with van der Waals surface area (Å²) >= 11 is 0. The van der Waals surface area contributed by atoms with Crippen LogP contribution in [0.1, 0.15) is 32.0 Å². The number of allylic oxidation sites excluding steroid dienone is 1. The van der Waals surface area contributed by atoms with Crippen LogP contribution >= 0.6 is 0 Å². The zero-order chi connectivity index (χ0) is 9.86. The Hall–Kier alpha value is -1.38. The maximum absolute atomic E-state index is 4.52. The minimum absolute atomic E-state index is 0.209. The molecule has 0 fully saturated rings. The molecule has 1 N–H and O–H groups in total. The quantitative estimate of drug-likeness (QED) is 0.776. The summed E-state index contributed by atoms with van der Waals surface area (Å²) in [4.78, 5) is 12.0. The summed E-state index contributed by atoms with van der Waals surface area (Å²) in [5.41, 5.74) is -0.209. The highest BCUT2D eigenvalue weighted by molar-refractivity contribution is 5.75. The average molecular weight is 189 g/mol. The van der Waals surface area contributed by atoms with Crippen LogP contribution in [0, 0.1) is 0 Å². The molecule has 3 heteroatoms. The van der Waals surface area contributed by atoms with Crippen LogP contribution in [0.3, 0.4) is 0 Å². The second kappa shape index (κ2) is 3.78. The van der Waals surface area contributed by atoms with Gasteiger partial charge in [0.15, 0.2) is 0 Å². The first-order chi connectivity index (χ1) is 6.87. The Kier molecular flexibility index (Phi) is 2.48. The Bertz CT molecular complexity index is 323. The maximum Gasteiger partial charge on any atom is 0.138 e. The van der Waals surface area contributed by atoms with Crippen molar-refractivity contribution in [3.05, 3.63) is 30.4 Å². The van der Waals surface area contributed by atoms with E-state index in [9.17, 15) is 0 Å². The molecule has 0 spiro atoms. The summed E-state index contributed by atoms with van der Waals surface area (Å²) in [6.45, 7) is 2.19. The van der Waals surface area contributed by atoms with Crippen molar-refractivity contribution in [1.82, 2.24) is 9.97 Å². The minimum Gasteiger partial charge on any atom is -0.346 e. The molecule has 1 aliphatic heterocycles. The van der Waals surface area contributed by atoms with Gasteiger partial charge in [-0.25, -0.2) is 4.98 Å². The van der Waals surface area contributed by atoms with Gasteiger partial charge in [0.2, 0.25) is 0 Å². The lowest BCUT2D eigenvalue weighted by atomic mass is 9.93. The number of nitrogens with zero attached hydrogens (tertiary/aromatic N) is 2. The first-order valence-electron chi connectivity index (χ1n) is 5.10. The molecule has 0 aliphatic carbocycles. The molecule has 2 heterocycles. The fourth-order valence-corrected chi connectivity index (χ4v) is 1.78. The van der Waals surface area contributed by atoms with E-state index in [2.05, 4.69) is 28.0 Å². The van der Waals surface area contributed by atoms with Gasteiger partial charge in [0.1, 0.15) is 11.4 Å². The maximum atomic E-state index is 4.52. The molecule has 0 radical (unpaired) electrons. The second-order valence-electron chi connectivity index (χ2n) is 3.60. The van der Waals surface area contributed by atoms with Crippen molar-refractivity contribution < 1.29 is 0 Å². The molecular formula is C11H15N3. The minimum atomic E-state index is -0.209. The summed E-state index contributed by atoms with van der Waals surface area (Å²) in [7, 11) is 0. The van der Waals surface area contributed by atoms with Gasteiger partial charge < -0.3 is 4.98 Å². The van der Waals surface area contributed by atoms with Gasteiger partial charge in [0, 0.05) is 18.6 Å². The Labute approximate surface area is 84.0 Å². The van der Waals surface area contributed by atoms with Gasteiger partial charge >= 0.3 is 0 Å². The van der Waals surface area contributed by atoms with Gasteiger partial charge in [0.05, 0.1) is 0 Å². The van der Waals surface area contributed by atoms with Crippen LogP contribution in [0.5, 0.6) is 0 Å². The van der Waals surface area contributed by atoms with E-state index in [1.165, 1.54) is 12.8 Å².